The Hall–Kier alpha value is -0.810. The summed E-state index contributed by atoms with van der Waals surface area (Å²) in [5.74, 6) is 0.486. The summed E-state index contributed by atoms with van der Waals surface area (Å²) in [4.78, 5) is 11.8. The Morgan fingerprint density at radius 3 is 2.45 bits per heavy atom. The van der Waals surface area contributed by atoms with Gasteiger partial charge in [0.15, 0.2) is 0 Å². The molecule has 128 valence electrons. The van der Waals surface area contributed by atoms with Crippen molar-refractivity contribution in [2.24, 2.45) is 5.92 Å². The average Bonchev–Trinajstić information content (AvgIpc) is 2.84. The molecular formula is C17H32N2O3. The van der Waals surface area contributed by atoms with Gasteiger partial charge in [-0.3, -0.25) is 0 Å². The summed E-state index contributed by atoms with van der Waals surface area (Å²) in [6.07, 6.45) is 7.06. The van der Waals surface area contributed by atoms with E-state index >= 15 is 0 Å². The Morgan fingerprint density at radius 1 is 1.14 bits per heavy atom. The lowest BCUT2D eigenvalue weighted by atomic mass is 9.91. The van der Waals surface area contributed by atoms with Crippen LogP contribution in [0.25, 0.3) is 0 Å². The Labute approximate surface area is 134 Å². The Kier molecular flexibility index (Phi) is 6.09. The van der Waals surface area contributed by atoms with Crippen molar-refractivity contribution < 1.29 is 14.6 Å². The van der Waals surface area contributed by atoms with Crippen LogP contribution >= 0.6 is 0 Å². The van der Waals surface area contributed by atoms with E-state index in [1.807, 2.05) is 20.8 Å². The molecule has 1 amide bonds. The minimum atomic E-state index is -0.444. The third kappa shape index (κ3) is 5.76. The molecule has 0 saturated heterocycles. The third-order valence-corrected chi connectivity index (χ3v) is 4.71. The van der Waals surface area contributed by atoms with E-state index < -0.39 is 5.60 Å². The summed E-state index contributed by atoms with van der Waals surface area (Å²) in [5.41, 5.74) is -0.444. The van der Waals surface area contributed by atoms with Crippen molar-refractivity contribution in [1.29, 1.82) is 0 Å². The minimum Gasteiger partial charge on any atom is -0.444 e. The average molecular weight is 312 g/mol. The highest BCUT2D eigenvalue weighted by atomic mass is 16.6. The summed E-state index contributed by atoms with van der Waals surface area (Å²) >= 11 is 0. The number of aliphatic hydroxyl groups is 1. The van der Waals surface area contributed by atoms with E-state index in [0.29, 0.717) is 24.5 Å². The molecule has 2 atom stereocenters. The molecule has 0 aromatic carbocycles. The first-order valence-corrected chi connectivity index (χ1v) is 8.74. The zero-order valence-corrected chi connectivity index (χ0v) is 14.2. The molecule has 0 unspecified atom stereocenters. The number of amides is 1. The Morgan fingerprint density at radius 2 is 1.82 bits per heavy atom. The summed E-state index contributed by atoms with van der Waals surface area (Å²) in [7, 11) is 0. The zero-order chi connectivity index (χ0) is 16.2. The van der Waals surface area contributed by atoms with Gasteiger partial charge in [-0.05, 0) is 65.2 Å². The van der Waals surface area contributed by atoms with Crippen LogP contribution < -0.4 is 10.6 Å². The van der Waals surface area contributed by atoms with E-state index in [2.05, 4.69) is 10.6 Å². The molecule has 0 bridgehead atoms. The van der Waals surface area contributed by atoms with Gasteiger partial charge in [0.05, 0.1) is 6.10 Å². The maximum atomic E-state index is 11.8. The lowest BCUT2D eigenvalue weighted by Crippen LogP contribution is -2.46. The van der Waals surface area contributed by atoms with Gasteiger partial charge < -0.3 is 20.5 Å². The fourth-order valence-electron chi connectivity index (χ4n) is 3.57. The number of alkyl carbamates (subject to hydrolysis) is 1. The SMILES string of the molecule is CC(C)(C)OC(=O)NC[C@@H]1CCC[C@H]1NC1CCC(O)CC1. The molecule has 2 fully saturated rings. The van der Waals surface area contributed by atoms with E-state index in [1.165, 1.54) is 12.8 Å². The second-order valence-corrected chi connectivity index (χ2v) is 7.85. The number of rotatable bonds is 4. The lowest BCUT2D eigenvalue weighted by Gasteiger charge is -2.31. The van der Waals surface area contributed by atoms with Crippen LogP contribution in [0.3, 0.4) is 0 Å². The fourth-order valence-corrected chi connectivity index (χ4v) is 3.57. The van der Waals surface area contributed by atoms with Crippen LogP contribution in [0.15, 0.2) is 0 Å². The molecule has 0 aliphatic heterocycles. The largest absolute Gasteiger partial charge is 0.444 e. The molecule has 5 heteroatoms. The van der Waals surface area contributed by atoms with Crippen LogP contribution in [0, 0.1) is 5.92 Å². The first-order chi connectivity index (χ1) is 10.3. The van der Waals surface area contributed by atoms with Crippen molar-refractivity contribution >= 4 is 6.09 Å². The molecule has 3 N–H and O–H groups in total. The molecular weight excluding hydrogens is 280 g/mol. The van der Waals surface area contributed by atoms with Gasteiger partial charge in [-0.15, -0.1) is 0 Å². The second-order valence-electron chi connectivity index (χ2n) is 7.85. The standard InChI is InChI=1S/C17H32N2O3/c1-17(2,3)22-16(21)18-11-12-5-4-6-15(12)19-13-7-9-14(20)10-8-13/h12-15,19-20H,4-11H2,1-3H3,(H,18,21)/t12-,13?,14?,15+/m0/s1. The van der Waals surface area contributed by atoms with Crippen molar-refractivity contribution in [3.63, 3.8) is 0 Å². The van der Waals surface area contributed by atoms with Crippen LogP contribution in [-0.4, -0.2) is 41.5 Å². The van der Waals surface area contributed by atoms with E-state index in [-0.39, 0.29) is 12.2 Å². The summed E-state index contributed by atoms with van der Waals surface area (Å²) in [6.45, 7) is 6.32. The maximum Gasteiger partial charge on any atom is 0.407 e. The highest BCUT2D eigenvalue weighted by molar-refractivity contribution is 5.67. The molecule has 2 aliphatic carbocycles. The van der Waals surface area contributed by atoms with Crippen LogP contribution in [0.5, 0.6) is 0 Å². The lowest BCUT2D eigenvalue weighted by molar-refractivity contribution is 0.0515. The molecule has 2 aliphatic rings. The van der Waals surface area contributed by atoms with E-state index in [9.17, 15) is 9.90 Å². The van der Waals surface area contributed by atoms with Crippen LogP contribution in [0.4, 0.5) is 4.79 Å². The maximum absolute atomic E-state index is 11.8. The number of hydrogen-bond acceptors (Lipinski definition) is 4. The molecule has 0 aromatic heterocycles. The number of ether oxygens (including phenoxy) is 1. The smallest absolute Gasteiger partial charge is 0.407 e. The monoisotopic (exact) mass is 312 g/mol. The molecule has 22 heavy (non-hydrogen) atoms. The van der Waals surface area contributed by atoms with Crippen molar-refractivity contribution in [3.8, 4) is 0 Å². The van der Waals surface area contributed by atoms with Crippen LogP contribution in [0.2, 0.25) is 0 Å². The fraction of sp³-hybridized carbons (Fsp3) is 0.941. The van der Waals surface area contributed by atoms with Crippen molar-refractivity contribution in [2.45, 2.75) is 89.5 Å². The quantitative estimate of drug-likeness (QED) is 0.746. The van der Waals surface area contributed by atoms with Gasteiger partial charge in [0, 0.05) is 18.6 Å². The number of carbonyl (C=O) groups is 1. The van der Waals surface area contributed by atoms with Gasteiger partial charge in [0.2, 0.25) is 0 Å². The number of hydrogen-bond donors (Lipinski definition) is 3. The Balaban J connectivity index is 1.72. The van der Waals surface area contributed by atoms with Gasteiger partial charge in [-0.25, -0.2) is 4.79 Å². The molecule has 0 spiro atoms. The third-order valence-electron chi connectivity index (χ3n) is 4.71. The molecule has 2 rings (SSSR count). The van der Waals surface area contributed by atoms with E-state index in [4.69, 9.17) is 4.74 Å². The molecule has 0 aromatic rings. The number of nitrogens with one attached hydrogen (secondary N) is 2. The van der Waals surface area contributed by atoms with Crippen molar-refractivity contribution in [3.05, 3.63) is 0 Å². The number of aliphatic hydroxyl groups excluding tert-OH is 1. The normalized spacial score (nSPS) is 32.7. The van der Waals surface area contributed by atoms with Gasteiger partial charge >= 0.3 is 6.09 Å². The van der Waals surface area contributed by atoms with E-state index in [1.54, 1.807) is 0 Å². The molecule has 5 nitrogen and oxygen atoms in total. The second kappa shape index (κ2) is 7.64. The van der Waals surface area contributed by atoms with Gasteiger partial charge in [0.1, 0.15) is 5.60 Å². The first kappa shape index (κ1) is 17.5. The summed E-state index contributed by atoms with van der Waals surface area (Å²) in [5, 5.41) is 16.3. The minimum absolute atomic E-state index is 0.105. The predicted molar refractivity (Wildman–Crippen MR) is 86.8 cm³/mol. The molecule has 0 heterocycles. The summed E-state index contributed by atoms with van der Waals surface area (Å²) < 4.78 is 5.30. The highest BCUT2D eigenvalue weighted by Crippen LogP contribution is 2.28. The molecule has 0 radical (unpaired) electrons. The van der Waals surface area contributed by atoms with Crippen LogP contribution in [-0.2, 0) is 4.74 Å². The predicted octanol–water partition coefficient (Wildman–Crippen LogP) is 2.57. The van der Waals surface area contributed by atoms with Gasteiger partial charge in [-0.1, -0.05) is 6.42 Å². The Bertz CT molecular complexity index is 359. The van der Waals surface area contributed by atoms with Gasteiger partial charge in [-0.2, -0.15) is 0 Å². The molecule has 2 saturated carbocycles. The zero-order valence-electron chi connectivity index (χ0n) is 14.2. The van der Waals surface area contributed by atoms with Gasteiger partial charge in [0.25, 0.3) is 0 Å². The van der Waals surface area contributed by atoms with Crippen molar-refractivity contribution in [2.75, 3.05) is 6.54 Å². The van der Waals surface area contributed by atoms with Crippen LogP contribution in [0.1, 0.15) is 65.7 Å². The van der Waals surface area contributed by atoms with Crippen molar-refractivity contribution in [1.82, 2.24) is 10.6 Å². The number of carbonyl (C=O) groups excluding carboxylic acids is 1. The van der Waals surface area contributed by atoms with E-state index in [0.717, 1.165) is 32.1 Å². The highest BCUT2D eigenvalue weighted by Gasteiger charge is 2.31. The first-order valence-electron chi connectivity index (χ1n) is 8.74. The topological polar surface area (TPSA) is 70.6 Å². The summed E-state index contributed by atoms with van der Waals surface area (Å²) in [6, 6.07) is 1.01.